The second kappa shape index (κ2) is 6.72. The van der Waals surface area contributed by atoms with Crippen molar-refractivity contribution in [3.8, 4) is 0 Å². The number of carbonyl (C=O) groups is 1. The average Bonchev–Trinajstić information content (AvgIpc) is 2.88. The van der Waals surface area contributed by atoms with Gasteiger partial charge in [-0.3, -0.25) is 9.69 Å². The molecule has 1 heterocycles. The molecule has 0 spiro atoms. The van der Waals surface area contributed by atoms with Gasteiger partial charge in [0.05, 0.1) is 0 Å². The molecule has 1 amide bonds. The van der Waals surface area contributed by atoms with Gasteiger partial charge >= 0.3 is 0 Å². The Labute approximate surface area is 130 Å². The summed E-state index contributed by atoms with van der Waals surface area (Å²) in [5.74, 6) is 0.114. The molecule has 110 valence electrons. The minimum absolute atomic E-state index is 0.114. The van der Waals surface area contributed by atoms with Crippen LogP contribution in [-0.2, 0) is 0 Å². The molecule has 2 rings (SSSR count). The third kappa shape index (κ3) is 3.41. The molecule has 1 aliphatic heterocycles. The summed E-state index contributed by atoms with van der Waals surface area (Å²) >= 11 is 3.47. The van der Waals surface area contributed by atoms with Crippen molar-refractivity contribution in [2.24, 2.45) is 0 Å². The van der Waals surface area contributed by atoms with Crippen molar-refractivity contribution in [3.63, 3.8) is 0 Å². The lowest BCUT2D eigenvalue weighted by Gasteiger charge is -2.28. The standard InChI is InChI=1S/C16H23BrN2O/c1-4-19-9-5-6-14(19)11-18(3)16(20)13-7-8-15(17)12(2)10-13/h7-8,10,14H,4-6,9,11H2,1-3H3. The number of hydrogen-bond donors (Lipinski definition) is 0. The number of aryl methyl sites for hydroxylation is 1. The van der Waals surface area contributed by atoms with E-state index in [0.717, 1.165) is 28.7 Å². The summed E-state index contributed by atoms with van der Waals surface area (Å²) in [6.07, 6.45) is 2.45. The molecule has 1 atom stereocenters. The van der Waals surface area contributed by atoms with E-state index in [1.807, 2.05) is 37.1 Å². The van der Waals surface area contributed by atoms with Gasteiger partial charge in [0.1, 0.15) is 0 Å². The molecule has 1 aromatic carbocycles. The minimum atomic E-state index is 0.114. The summed E-state index contributed by atoms with van der Waals surface area (Å²) in [6, 6.07) is 6.31. The van der Waals surface area contributed by atoms with E-state index in [-0.39, 0.29) is 5.91 Å². The van der Waals surface area contributed by atoms with E-state index < -0.39 is 0 Å². The summed E-state index contributed by atoms with van der Waals surface area (Å²) < 4.78 is 1.05. The van der Waals surface area contributed by atoms with Gasteiger partial charge in [0.25, 0.3) is 5.91 Å². The number of likely N-dealkylation sites (N-methyl/N-ethyl adjacent to an activating group) is 2. The van der Waals surface area contributed by atoms with Crippen LogP contribution in [0, 0.1) is 6.92 Å². The number of carbonyl (C=O) groups excluding carboxylic acids is 1. The maximum Gasteiger partial charge on any atom is 0.253 e. The Bertz CT molecular complexity index is 489. The molecular formula is C16H23BrN2O. The lowest BCUT2D eigenvalue weighted by Crippen LogP contribution is -2.41. The fraction of sp³-hybridized carbons (Fsp3) is 0.562. The van der Waals surface area contributed by atoms with Crippen molar-refractivity contribution in [1.29, 1.82) is 0 Å². The van der Waals surface area contributed by atoms with E-state index in [2.05, 4.69) is 27.8 Å². The van der Waals surface area contributed by atoms with Crippen molar-refractivity contribution in [3.05, 3.63) is 33.8 Å². The fourth-order valence-electron chi connectivity index (χ4n) is 2.92. The van der Waals surface area contributed by atoms with Gasteiger partial charge in [-0.1, -0.05) is 22.9 Å². The highest BCUT2D eigenvalue weighted by molar-refractivity contribution is 9.10. The molecule has 0 aromatic heterocycles. The van der Waals surface area contributed by atoms with Gasteiger partial charge in [0.15, 0.2) is 0 Å². The average molecular weight is 339 g/mol. The first-order chi connectivity index (χ1) is 9.52. The molecule has 3 nitrogen and oxygen atoms in total. The van der Waals surface area contributed by atoms with Crippen LogP contribution in [0.4, 0.5) is 0 Å². The predicted octanol–water partition coefficient (Wildman–Crippen LogP) is 3.31. The lowest BCUT2D eigenvalue weighted by atomic mass is 10.1. The van der Waals surface area contributed by atoms with Crippen LogP contribution in [-0.4, -0.2) is 48.4 Å². The molecule has 1 aromatic rings. The van der Waals surface area contributed by atoms with Gasteiger partial charge in [0, 0.05) is 29.7 Å². The smallest absolute Gasteiger partial charge is 0.253 e. The summed E-state index contributed by atoms with van der Waals surface area (Å²) in [5.41, 5.74) is 1.87. The molecule has 0 saturated carbocycles. The SMILES string of the molecule is CCN1CCCC1CN(C)C(=O)c1ccc(Br)c(C)c1. The zero-order valence-corrected chi connectivity index (χ0v) is 14.1. The monoisotopic (exact) mass is 338 g/mol. The molecule has 20 heavy (non-hydrogen) atoms. The molecular weight excluding hydrogens is 316 g/mol. The van der Waals surface area contributed by atoms with Gasteiger partial charge in [-0.15, -0.1) is 0 Å². The minimum Gasteiger partial charge on any atom is -0.340 e. The van der Waals surface area contributed by atoms with Crippen LogP contribution in [0.25, 0.3) is 0 Å². The molecule has 1 aliphatic rings. The Morgan fingerprint density at radius 3 is 2.90 bits per heavy atom. The van der Waals surface area contributed by atoms with Crippen LogP contribution in [0.15, 0.2) is 22.7 Å². The molecule has 1 saturated heterocycles. The fourth-order valence-corrected chi connectivity index (χ4v) is 3.16. The highest BCUT2D eigenvalue weighted by Crippen LogP contribution is 2.20. The number of hydrogen-bond acceptors (Lipinski definition) is 2. The molecule has 0 aliphatic carbocycles. The molecule has 4 heteroatoms. The van der Waals surface area contributed by atoms with Crippen molar-refractivity contribution < 1.29 is 4.79 Å². The number of benzene rings is 1. The Balaban J connectivity index is 2.03. The first kappa shape index (κ1) is 15.5. The highest BCUT2D eigenvalue weighted by Gasteiger charge is 2.25. The number of halogens is 1. The summed E-state index contributed by atoms with van der Waals surface area (Å²) in [5, 5.41) is 0. The summed E-state index contributed by atoms with van der Waals surface area (Å²) in [6.45, 7) is 7.27. The van der Waals surface area contributed by atoms with E-state index in [4.69, 9.17) is 0 Å². The van der Waals surface area contributed by atoms with Crippen LogP contribution >= 0.6 is 15.9 Å². The third-order valence-corrected chi connectivity index (χ3v) is 5.03. The van der Waals surface area contributed by atoms with Crippen LogP contribution in [0.3, 0.4) is 0 Å². The second-order valence-corrected chi connectivity index (χ2v) is 6.43. The van der Waals surface area contributed by atoms with Gasteiger partial charge in [-0.25, -0.2) is 0 Å². The lowest BCUT2D eigenvalue weighted by molar-refractivity contribution is 0.0754. The van der Waals surface area contributed by atoms with Gasteiger partial charge in [-0.05, 0) is 56.6 Å². The number of likely N-dealkylation sites (tertiary alicyclic amines) is 1. The number of amides is 1. The maximum atomic E-state index is 12.5. The van der Waals surface area contributed by atoms with E-state index in [1.165, 1.54) is 19.4 Å². The third-order valence-electron chi connectivity index (χ3n) is 4.14. The van der Waals surface area contributed by atoms with Gasteiger partial charge in [-0.2, -0.15) is 0 Å². The molecule has 0 N–H and O–H groups in total. The van der Waals surface area contributed by atoms with E-state index in [9.17, 15) is 4.79 Å². The zero-order chi connectivity index (χ0) is 14.7. The van der Waals surface area contributed by atoms with Crippen molar-refractivity contribution in [2.45, 2.75) is 32.7 Å². The Morgan fingerprint density at radius 1 is 1.50 bits per heavy atom. The molecule has 1 unspecified atom stereocenters. The van der Waals surface area contributed by atoms with E-state index in [0.29, 0.717) is 6.04 Å². The number of rotatable bonds is 4. The molecule has 0 radical (unpaired) electrons. The van der Waals surface area contributed by atoms with Crippen LogP contribution in [0.2, 0.25) is 0 Å². The summed E-state index contributed by atoms with van der Waals surface area (Å²) in [7, 11) is 1.91. The Hall–Kier alpha value is -0.870. The first-order valence-electron chi connectivity index (χ1n) is 7.28. The van der Waals surface area contributed by atoms with Crippen molar-refractivity contribution in [2.75, 3.05) is 26.7 Å². The highest BCUT2D eigenvalue weighted by atomic mass is 79.9. The van der Waals surface area contributed by atoms with E-state index in [1.54, 1.807) is 0 Å². The van der Waals surface area contributed by atoms with E-state index >= 15 is 0 Å². The van der Waals surface area contributed by atoms with Crippen molar-refractivity contribution in [1.82, 2.24) is 9.80 Å². The second-order valence-electron chi connectivity index (χ2n) is 5.57. The molecule has 1 fully saturated rings. The predicted molar refractivity (Wildman–Crippen MR) is 86.1 cm³/mol. The summed E-state index contributed by atoms with van der Waals surface area (Å²) in [4.78, 5) is 16.8. The molecule has 0 bridgehead atoms. The first-order valence-corrected chi connectivity index (χ1v) is 8.08. The van der Waals surface area contributed by atoms with Gasteiger partial charge in [0.2, 0.25) is 0 Å². The topological polar surface area (TPSA) is 23.6 Å². The van der Waals surface area contributed by atoms with Gasteiger partial charge < -0.3 is 4.90 Å². The Morgan fingerprint density at radius 2 is 2.25 bits per heavy atom. The maximum absolute atomic E-state index is 12.5. The van der Waals surface area contributed by atoms with Crippen LogP contribution < -0.4 is 0 Å². The number of nitrogens with zero attached hydrogens (tertiary/aromatic N) is 2. The van der Waals surface area contributed by atoms with Crippen molar-refractivity contribution >= 4 is 21.8 Å². The van der Waals surface area contributed by atoms with Crippen LogP contribution in [0.1, 0.15) is 35.7 Å². The van der Waals surface area contributed by atoms with Crippen LogP contribution in [0.5, 0.6) is 0 Å². The largest absolute Gasteiger partial charge is 0.340 e. The zero-order valence-electron chi connectivity index (χ0n) is 12.5. The normalized spacial score (nSPS) is 19.3. The quantitative estimate of drug-likeness (QED) is 0.840. The Kier molecular flexibility index (Phi) is 5.22.